The third kappa shape index (κ3) is 3.06. The summed E-state index contributed by atoms with van der Waals surface area (Å²) in [6, 6.07) is 21.3. The first-order valence-electron chi connectivity index (χ1n) is 7.29. The lowest BCUT2D eigenvalue weighted by Gasteiger charge is -2.17. The minimum atomic E-state index is 0.179. The van der Waals surface area contributed by atoms with E-state index in [1.54, 1.807) is 12.5 Å². The van der Waals surface area contributed by atoms with Crippen LogP contribution in [0.2, 0.25) is 0 Å². The highest BCUT2D eigenvalue weighted by Gasteiger charge is 2.13. The molecule has 0 saturated carbocycles. The number of hydrogen-bond donors (Lipinski definition) is 1. The van der Waals surface area contributed by atoms with Crippen molar-refractivity contribution in [3.63, 3.8) is 0 Å². The first-order valence-corrected chi connectivity index (χ1v) is 7.29. The van der Waals surface area contributed by atoms with Gasteiger partial charge in [-0.05, 0) is 29.3 Å². The Morgan fingerprint density at radius 2 is 1.57 bits per heavy atom. The number of rotatable bonds is 5. The molecule has 0 amide bonds. The van der Waals surface area contributed by atoms with Crippen LogP contribution in [0.25, 0.3) is 11.1 Å². The van der Waals surface area contributed by atoms with E-state index < -0.39 is 0 Å². The largest absolute Gasteiger partial charge is 0.472 e. The van der Waals surface area contributed by atoms with Crippen molar-refractivity contribution in [3.8, 4) is 11.1 Å². The van der Waals surface area contributed by atoms with E-state index in [0.29, 0.717) is 0 Å². The predicted octanol–water partition coefficient (Wildman–Crippen LogP) is 4.65. The summed E-state index contributed by atoms with van der Waals surface area (Å²) in [6.45, 7) is 3.03. The molecule has 0 fully saturated rings. The van der Waals surface area contributed by atoms with Crippen molar-refractivity contribution in [2.24, 2.45) is 0 Å². The normalized spacial score (nSPS) is 12.2. The quantitative estimate of drug-likeness (QED) is 0.734. The van der Waals surface area contributed by atoms with Crippen LogP contribution in [-0.2, 0) is 0 Å². The summed E-state index contributed by atoms with van der Waals surface area (Å²) in [5, 5.41) is 3.50. The van der Waals surface area contributed by atoms with E-state index in [9.17, 15) is 0 Å². The molecule has 1 aromatic heterocycles. The number of hydrogen-bond acceptors (Lipinski definition) is 2. The average Bonchev–Trinajstić information content (AvgIpc) is 3.08. The Hall–Kier alpha value is -2.32. The minimum absolute atomic E-state index is 0.179. The molecule has 2 heteroatoms. The Balaban J connectivity index is 1.89. The molecule has 0 spiro atoms. The zero-order valence-electron chi connectivity index (χ0n) is 12.1. The van der Waals surface area contributed by atoms with Crippen LogP contribution >= 0.6 is 0 Å². The van der Waals surface area contributed by atoms with Crippen LogP contribution < -0.4 is 5.32 Å². The molecule has 0 aliphatic carbocycles. The molecule has 3 aromatic rings. The molecule has 0 radical (unpaired) electrons. The van der Waals surface area contributed by atoms with Crippen LogP contribution in [0.5, 0.6) is 0 Å². The van der Waals surface area contributed by atoms with Crippen LogP contribution in [0.15, 0.2) is 77.6 Å². The summed E-state index contributed by atoms with van der Waals surface area (Å²) in [4.78, 5) is 0. The predicted molar refractivity (Wildman–Crippen MR) is 86.1 cm³/mol. The Bertz CT molecular complexity index is 657. The van der Waals surface area contributed by atoms with Crippen molar-refractivity contribution >= 4 is 0 Å². The fraction of sp³-hybridized carbons (Fsp3) is 0.158. The fourth-order valence-electron chi connectivity index (χ4n) is 2.57. The first-order chi connectivity index (χ1) is 10.4. The fourth-order valence-corrected chi connectivity index (χ4v) is 2.57. The molecule has 2 nitrogen and oxygen atoms in total. The lowest BCUT2D eigenvalue weighted by molar-refractivity contribution is 0.553. The van der Waals surface area contributed by atoms with Crippen molar-refractivity contribution in [3.05, 3.63) is 84.3 Å². The van der Waals surface area contributed by atoms with E-state index in [1.165, 1.54) is 16.7 Å². The van der Waals surface area contributed by atoms with Gasteiger partial charge in [0.2, 0.25) is 0 Å². The van der Waals surface area contributed by atoms with Crippen molar-refractivity contribution in [1.29, 1.82) is 0 Å². The minimum Gasteiger partial charge on any atom is -0.472 e. The van der Waals surface area contributed by atoms with Crippen LogP contribution in [0.1, 0.15) is 24.1 Å². The Morgan fingerprint density at radius 3 is 2.19 bits per heavy atom. The zero-order chi connectivity index (χ0) is 14.5. The second kappa shape index (κ2) is 6.42. The molecule has 106 valence electrons. The van der Waals surface area contributed by atoms with Crippen molar-refractivity contribution < 1.29 is 4.42 Å². The van der Waals surface area contributed by atoms with Gasteiger partial charge in [0.15, 0.2) is 0 Å². The van der Waals surface area contributed by atoms with E-state index in [-0.39, 0.29) is 6.04 Å². The van der Waals surface area contributed by atoms with Gasteiger partial charge in [0.1, 0.15) is 0 Å². The second-order valence-electron chi connectivity index (χ2n) is 5.04. The van der Waals surface area contributed by atoms with Gasteiger partial charge in [-0.25, -0.2) is 0 Å². The van der Waals surface area contributed by atoms with Gasteiger partial charge >= 0.3 is 0 Å². The van der Waals surface area contributed by atoms with Crippen LogP contribution in [0.3, 0.4) is 0 Å². The summed E-state index contributed by atoms with van der Waals surface area (Å²) in [7, 11) is 0. The topological polar surface area (TPSA) is 25.2 Å². The van der Waals surface area contributed by atoms with Crippen LogP contribution in [0.4, 0.5) is 0 Å². The molecule has 1 N–H and O–H groups in total. The van der Waals surface area contributed by atoms with Crippen molar-refractivity contribution in [2.75, 3.05) is 6.54 Å². The summed E-state index contributed by atoms with van der Waals surface area (Å²) < 4.78 is 5.22. The molecular weight excluding hydrogens is 258 g/mol. The van der Waals surface area contributed by atoms with E-state index in [2.05, 4.69) is 60.8 Å². The van der Waals surface area contributed by atoms with Gasteiger partial charge in [0, 0.05) is 5.56 Å². The summed E-state index contributed by atoms with van der Waals surface area (Å²) in [5.74, 6) is 0. The maximum absolute atomic E-state index is 5.22. The lowest BCUT2D eigenvalue weighted by atomic mass is 9.98. The molecule has 1 heterocycles. The molecular formula is C19H19NO. The van der Waals surface area contributed by atoms with Gasteiger partial charge in [-0.2, -0.15) is 0 Å². The smallest absolute Gasteiger partial charge is 0.0953 e. The van der Waals surface area contributed by atoms with E-state index in [4.69, 9.17) is 4.42 Å². The number of nitrogens with one attached hydrogen (secondary N) is 1. The molecule has 1 unspecified atom stereocenters. The molecule has 0 aliphatic heterocycles. The van der Waals surface area contributed by atoms with Gasteiger partial charge in [-0.15, -0.1) is 0 Å². The van der Waals surface area contributed by atoms with Gasteiger partial charge in [0.25, 0.3) is 0 Å². The van der Waals surface area contributed by atoms with E-state index in [1.807, 2.05) is 12.1 Å². The maximum atomic E-state index is 5.22. The third-order valence-electron chi connectivity index (χ3n) is 3.64. The highest BCUT2D eigenvalue weighted by atomic mass is 16.3. The van der Waals surface area contributed by atoms with Gasteiger partial charge in [0.05, 0.1) is 18.6 Å². The summed E-state index contributed by atoms with van der Waals surface area (Å²) in [6.07, 6.45) is 3.52. The molecule has 2 aromatic carbocycles. The van der Waals surface area contributed by atoms with E-state index >= 15 is 0 Å². The SMILES string of the molecule is CCNC(c1ccc(-c2ccccc2)cc1)c1ccoc1. The standard InChI is InChI=1S/C19H19NO/c1-2-20-19(18-12-13-21-14-18)17-10-8-16(9-11-17)15-6-4-3-5-7-15/h3-14,19-20H,2H2,1H3. The Kier molecular flexibility index (Phi) is 4.17. The van der Waals surface area contributed by atoms with Crippen molar-refractivity contribution in [1.82, 2.24) is 5.32 Å². The summed E-state index contributed by atoms with van der Waals surface area (Å²) >= 11 is 0. The highest BCUT2D eigenvalue weighted by molar-refractivity contribution is 5.63. The number of benzene rings is 2. The third-order valence-corrected chi connectivity index (χ3v) is 3.64. The maximum Gasteiger partial charge on any atom is 0.0953 e. The molecule has 21 heavy (non-hydrogen) atoms. The molecule has 1 atom stereocenters. The van der Waals surface area contributed by atoms with Gasteiger partial charge < -0.3 is 9.73 Å². The monoisotopic (exact) mass is 277 g/mol. The van der Waals surface area contributed by atoms with E-state index in [0.717, 1.165) is 12.1 Å². The van der Waals surface area contributed by atoms with Crippen molar-refractivity contribution in [2.45, 2.75) is 13.0 Å². The second-order valence-corrected chi connectivity index (χ2v) is 5.04. The highest BCUT2D eigenvalue weighted by Crippen LogP contribution is 2.25. The zero-order valence-corrected chi connectivity index (χ0v) is 12.1. The average molecular weight is 277 g/mol. The Morgan fingerprint density at radius 1 is 0.857 bits per heavy atom. The number of furan rings is 1. The summed E-state index contributed by atoms with van der Waals surface area (Å²) in [5.41, 5.74) is 4.89. The molecule has 3 rings (SSSR count). The van der Waals surface area contributed by atoms with Crippen LogP contribution in [-0.4, -0.2) is 6.54 Å². The van der Waals surface area contributed by atoms with Gasteiger partial charge in [-0.1, -0.05) is 61.5 Å². The molecule has 0 aliphatic rings. The van der Waals surface area contributed by atoms with Gasteiger partial charge in [-0.3, -0.25) is 0 Å². The lowest BCUT2D eigenvalue weighted by Crippen LogP contribution is -2.21. The molecule has 0 saturated heterocycles. The Labute approximate surface area is 125 Å². The first kappa shape index (κ1) is 13.7. The van der Waals surface area contributed by atoms with Crippen LogP contribution in [0, 0.1) is 0 Å². The molecule has 0 bridgehead atoms.